The van der Waals surface area contributed by atoms with Crippen LogP contribution in [-0.4, -0.2) is 38.1 Å². The highest BCUT2D eigenvalue weighted by atomic mass is 16.5. The van der Waals surface area contributed by atoms with Gasteiger partial charge < -0.3 is 14.6 Å². The summed E-state index contributed by atoms with van der Waals surface area (Å²) in [5.74, 6) is 1.07. The molecule has 1 aliphatic heterocycles. The lowest BCUT2D eigenvalue weighted by Gasteiger charge is -2.37. The Bertz CT molecular complexity index is 215. The van der Waals surface area contributed by atoms with Gasteiger partial charge in [0.05, 0.1) is 12.7 Å². The Morgan fingerprint density at radius 2 is 2.27 bits per heavy atom. The van der Waals surface area contributed by atoms with Crippen LogP contribution in [0, 0.1) is 17.3 Å². The molecule has 88 valence electrons. The summed E-state index contributed by atoms with van der Waals surface area (Å²) in [7, 11) is 1.73. The van der Waals surface area contributed by atoms with Crippen LogP contribution in [0.25, 0.3) is 0 Å². The Balaban J connectivity index is 2.10. The minimum Gasteiger partial charge on any atom is -0.396 e. The van der Waals surface area contributed by atoms with Crippen LogP contribution in [-0.2, 0) is 9.47 Å². The summed E-state index contributed by atoms with van der Waals surface area (Å²) in [5.41, 5.74) is -0.0445. The smallest absolute Gasteiger partial charge is 0.0685 e. The maximum absolute atomic E-state index is 9.73. The quantitative estimate of drug-likeness (QED) is 0.752. The molecule has 0 aromatic heterocycles. The van der Waals surface area contributed by atoms with Crippen molar-refractivity contribution in [2.75, 3.05) is 26.9 Å². The Labute approximate surface area is 91.8 Å². The Morgan fingerprint density at radius 1 is 1.53 bits per heavy atom. The third-order valence-corrected chi connectivity index (χ3v) is 4.17. The first-order chi connectivity index (χ1) is 7.24. The van der Waals surface area contributed by atoms with Gasteiger partial charge in [-0.15, -0.1) is 0 Å². The van der Waals surface area contributed by atoms with Gasteiger partial charge in [-0.25, -0.2) is 0 Å². The number of aliphatic hydroxyl groups is 1. The van der Waals surface area contributed by atoms with Crippen molar-refractivity contribution in [2.45, 2.75) is 32.3 Å². The average molecular weight is 214 g/mol. The van der Waals surface area contributed by atoms with Crippen molar-refractivity contribution in [3.05, 3.63) is 0 Å². The first-order valence-electron chi connectivity index (χ1n) is 5.96. The number of rotatable bonds is 5. The summed E-state index contributed by atoms with van der Waals surface area (Å²) in [5, 5.41) is 9.73. The van der Waals surface area contributed by atoms with E-state index in [1.54, 1.807) is 7.11 Å². The second-order valence-electron chi connectivity index (χ2n) is 5.13. The number of ether oxygens (including phenoxy) is 2. The van der Waals surface area contributed by atoms with Crippen LogP contribution in [0.15, 0.2) is 0 Å². The largest absolute Gasteiger partial charge is 0.396 e. The Morgan fingerprint density at radius 3 is 2.80 bits per heavy atom. The van der Waals surface area contributed by atoms with E-state index in [9.17, 15) is 5.11 Å². The molecule has 2 rings (SSSR count). The fourth-order valence-electron chi connectivity index (χ4n) is 2.96. The molecule has 3 unspecified atom stereocenters. The van der Waals surface area contributed by atoms with Gasteiger partial charge in [-0.05, 0) is 31.1 Å². The monoisotopic (exact) mass is 214 g/mol. The van der Waals surface area contributed by atoms with Crippen molar-refractivity contribution in [2.24, 2.45) is 17.3 Å². The van der Waals surface area contributed by atoms with Crippen LogP contribution in [0.4, 0.5) is 0 Å². The van der Waals surface area contributed by atoms with Gasteiger partial charge in [0.25, 0.3) is 0 Å². The minimum absolute atomic E-state index is 0.0445. The second-order valence-corrected chi connectivity index (χ2v) is 5.13. The van der Waals surface area contributed by atoms with E-state index in [1.807, 2.05) is 0 Å². The predicted octanol–water partition coefficient (Wildman–Crippen LogP) is 1.45. The van der Waals surface area contributed by atoms with E-state index in [4.69, 9.17) is 9.47 Å². The molecule has 0 spiro atoms. The first-order valence-corrected chi connectivity index (χ1v) is 5.96. The van der Waals surface area contributed by atoms with Crippen LogP contribution in [0.5, 0.6) is 0 Å². The van der Waals surface area contributed by atoms with Gasteiger partial charge in [-0.3, -0.25) is 0 Å². The molecular weight excluding hydrogens is 192 g/mol. The van der Waals surface area contributed by atoms with Crippen molar-refractivity contribution in [3.8, 4) is 0 Å². The highest BCUT2D eigenvalue weighted by Crippen LogP contribution is 2.51. The van der Waals surface area contributed by atoms with Gasteiger partial charge in [0.15, 0.2) is 0 Å². The highest BCUT2D eigenvalue weighted by molar-refractivity contribution is 5.01. The van der Waals surface area contributed by atoms with Crippen molar-refractivity contribution in [1.82, 2.24) is 0 Å². The molecule has 0 aromatic carbocycles. The fraction of sp³-hybridized carbons (Fsp3) is 1.00. The third-order valence-electron chi connectivity index (χ3n) is 4.17. The molecule has 1 saturated heterocycles. The predicted molar refractivity (Wildman–Crippen MR) is 57.6 cm³/mol. The summed E-state index contributed by atoms with van der Waals surface area (Å²) < 4.78 is 11.1. The standard InChI is InChI=1S/C12H22O3/c1-9(7-14-2)12(8-13)5-6-15-11(12)10-3-4-10/h9-11,13H,3-8H2,1-2H3. The molecule has 2 fully saturated rings. The van der Waals surface area contributed by atoms with Gasteiger partial charge in [0.2, 0.25) is 0 Å². The normalized spacial score (nSPS) is 38.2. The van der Waals surface area contributed by atoms with Gasteiger partial charge in [0, 0.05) is 25.7 Å². The van der Waals surface area contributed by atoms with E-state index in [0.29, 0.717) is 18.4 Å². The fourth-order valence-corrected chi connectivity index (χ4v) is 2.96. The van der Waals surface area contributed by atoms with E-state index in [-0.39, 0.29) is 18.1 Å². The first kappa shape index (κ1) is 11.4. The second kappa shape index (κ2) is 4.40. The average Bonchev–Trinajstić information content (AvgIpc) is 2.98. The van der Waals surface area contributed by atoms with E-state index in [0.717, 1.165) is 13.0 Å². The van der Waals surface area contributed by atoms with E-state index < -0.39 is 0 Å². The van der Waals surface area contributed by atoms with E-state index in [1.165, 1.54) is 12.8 Å². The third kappa shape index (κ3) is 1.93. The molecule has 2 aliphatic rings. The van der Waals surface area contributed by atoms with Crippen LogP contribution < -0.4 is 0 Å². The van der Waals surface area contributed by atoms with Crippen molar-refractivity contribution < 1.29 is 14.6 Å². The topological polar surface area (TPSA) is 38.7 Å². The van der Waals surface area contributed by atoms with Crippen molar-refractivity contribution in [1.29, 1.82) is 0 Å². The molecule has 1 saturated carbocycles. The lowest BCUT2D eigenvalue weighted by molar-refractivity contribution is -0.0485. The summed E-state index contributed by atoms with van der Waals surface area (Å²) >= 11 is 0. The molecule has 1 heterocycles. The Kier molecular flexibility index (Phi) is 3.33. The molecule has 15 heavy (non-hydrogen) atoms. The van der Waals surface area contributed by atoms with Gasteiger partial charge >= 0.3 is 0 Å². The van der Waals surface area contributed by atoms with Crippen LogP contribution in [0.1, 0.15) is 26.2 Å². The molecular formula is C12H22O3. The highest BCUT2D eigenvalue weighted by Gasteiger charge is 2.53. The zero-order valence-corrected chi connectivity index (χ0v) is 9.74. The molecule has 3 heteroatoms. The maximum atomic E-state index is 9.73. The number of hydrogen-bond acceptors (Lipinski definition) is 3. The van der Waals surface area contributed by atoms with Gasteiger partial charge in [0.1, 0.15) is 0 Å². The Hall–Kier alpha value is -0.120. The molecule has 0 aromatic rings. The number of aliphatic hydroxyl groups excluding tert-OH is 1. The van der Waals surface area contributed by atoms with Crippen molar-refractivity contribution >= 4 is 0 Å². The minimum atomic E-state index is -0.0445. The molecule has 1 N–H and O–H groups in total. The maximum Gasteiger partial charge on any atom is 0.0685 e. The molecule has 3 nitrogen and oxygen atoms in total. The zero-order chi connectivity index (χ0) is 10.9. The van der Waals surface area contributed by atoms with Crippen LogP contribution in [0.2, 0.25) is 0 Å². The van der Waals surface area contributed by atoms with Crippen LogP contribution in [0.3, 0.4) is 0 Å². The van der Waals surface area contributed by atoms with E-state index >= 15 is 0 Å². The summed E-state index contributed by atoms with van der Waals surface area (Å²) in [6, 6.07) is 0. The molecule has 0 bridgehead atoms. The van der Waals surface area contributed by atoms with Gasteiger partial charge in [-0.2, -0.15) is 0 Å². The number of methoxy groups -OCH3 is 1. The summed E-state index contributed by atoms with van der Waals surface area (Å²) in [4.78, 5) is 0. The summed E-state index contributed by atoms with van der Waals surface area (Å²) in [6.07, 6.45) is 3.79. The molecule has 1 aliphatic carbocycles. The van der Waals surface area contributed by atoms with E-state index in [2.05, 4.69) is 6.92 Å². The lowest BCUT2D eigenvalue weighted by Crippen LogP contribution is -2.43. The lowest BCUT2D eigenvalue weighted by atomic mass is 9.70. The van der Waals surface area contributed by atoms with Crippen molar-refractivity contribution in [3.63, 3.8) is 0 Å². The molecule has 0 amide bonds. The summed E-state index contributed by atoms with van der Waals surface area (Å²) in [6.45, 7) is 3.92. The van der Waals surface area contributed by atoms with Gasteiger partial charge in [-0.1, -0.05) is 6.92 Å². The molecule has 3 atom stereocenters. The van der Waals surface area contributed by atoms with Crippen LogP contribution >= 0.6 is 0 Å². The zero-order valence-electron chi connectivity index (χ0n) is 9.74. The SMILES string of the molecule is COCC(C)C1(CO)CCOC1C1CC1. The number of hydrogen-bond donors (Lipinski definition) is 1. The molecule has 0 radical (unpaired) electrons.